The summed E-state index contributed by atoms with van der Waals surface area (Å²) in [4.78, 5) is 35.9. The van der Waals surface area contributed by atoms with Gasteiger partial charge in [-0.3, -0.25) is 14.4 Å². The van der Waals surface area contributed by atoms with E-state index in [-0.39, 0.29) is 24.0 Å². The van der Waals surface area contributed by atoms with Crippen molar-refractivity contribution in [1.29, 1.82) is 0 Å². The van der Waals surface area contributed by atoms with Crippen molar-refractivity contribution in [2.45, 2.75) is 39.3 Å². The molecule has 9 nitrogen and oxygen atoms in total. The number of pyridine rings is 1. The number of carbonyl (C=O) groups excluding carboxylic acids is 2. The zero-order valence-electron chi connectivity index (χ0n) is 22.2. The first-order valence-electron chi connectivity index (χ1n) is 12.7. The van der Waals surface area contributed by atoms with Gasteiger partial charge in [-0.25, -0.2) is 15.1 Å². The monoisotopic (exact) mass is 527 g/mol. The third-order valence-electron chi connectivity index (χ3n) is 5.85. The number of rotatable bonds is 10. The van der Waals surface area contributed by atoms with Crippen LogP contribution in [0, 0.1) is 5.41 Å². The summed E-state index contributed by atoms with van der Waals surface area (Å²) >= 11 is 0. The molecular formula is C30H33N5O4. The zero-order valence-corrected chi connectivity index (χ0v) is 22.2. The molecule has 2 aromatic carbocycles. The van der Waals surface area contributed by atoms with Gasteiger partial charge in [0.05, 0.1) is 23.9 Å². The van der Waals surface area contributed by atoms with Crippen LogP contribution in [0.3, 0.4) is 0 Å². The van der Waals surface area contributed by atoms with E-state index in [0.717, 1.165) is 16.8 Å². The summed E-state index contributed by atoms with van der Waals surface area (Å²) < 4.78 is 1.53. The Morgan fingerprint density at radius 2 is 1.67 bits per heavy atom. The number of carbonyl (C=O) groups is 2. The summed E-state index contributed by atoms with van der Waals surface area (Å²) in [5.41, 5.74) is 4.88. The smallest absolute Gasteiger partial charge is 0.274 e. The molecule has 0 bridgehead atoms. The van der Waals surface area contributed by atoms with E-state index in [1.807, 2.05) is 87.5 Å². The zero-order chi connectivity index (χ0) is 27.8. The Bertz CT molecular complexity index is 1380. The van der Waals surface area contributed by atoms with Gasteiger partial charge in [0.2, 0.25) is 0 Å². The van der Waals surface area contributed by atoms with E-state index in [2.05, 4.69) is 20.9 Å². The fourth-order valence-corrected chi connectivity index (χ4v) is 3.88. The van der Waals surface area contributed by atoms with Crippen molar-refractivity contribution in [2.75, 3.05) is 6.61 Å². The average Bonchev–Trinajstić information content (AvgIpc) is 3.43. The Morgan fingerprint density at radius 3 is 2.36 bits per heavy atom. The minimum Gasteiger partial charge on any atom is -0.381 e. The Hall–Kier alpha value is -4.34. The number of nitrogens with one attached hydrogen (secondary N) is 2. The predicted molar refractivity (Wildman–Crippen MR) is 148 cm³/mol. The first-order valence-corrected chi connectivity index (χ1v) is 12.7. The first-order chi connectivity index (χ1) is 18.7. The summed E-state index contributed by atoms with van der Waals surface area (Å²) in [5, 5.41) is 18.4. The number of aliphatic hydroxyl groups excluding tert-OH is 1. The normalized spacial score (nSPS) is 12.9. The second-order valence-corrected chi connectivity index (χ2v) is 10.4. The summed E-state index contributed by atoms with van der Waals surface area (Å²) in [6.45, 7) is 6.14. The molecule has 0 spiro atoms. The molecular weight excluding hydrogens is 494 g/mol. The van der Waals surface area contributed by atoms with Gasteiger partial charge in [-0.1, -0.05) is 81.4 Å². The second kappa shape index (κ2) is 12.5. The number of hydrogen-bond donors (Lipinski definition) is 3. The van der Waals surface area contributed by atoms with Gasteiger partial charge in [-0.15, -0.1) is 0 Å². The summed E-state index contributed by atoms with van der Waals surface area (Å²) in [7, 11) is 0. The molecule has 0 saturated heterocycles. The van der Waals surface area contributed by atoms with E-state index < -0.39 is 24.0 Å². The molecule has 0 aliphatic rings. The van der Waals surface area contributed by atoms with E-state index in [1.54, 1.807) is 24.5 Å². The molecule has 0 saturated carbocycles. The lowest BCUT2D eigenvalue weighted by atomic mass is 9.99. The number of benzene rings is 2. The molecule has 2 heterocycles. The average molecular weight is 528 g/mol. The summed E-state index contributed by atoms with van der Waals surface area (Å²) in [6, 6.07) is 23.2. The Kier molecular flexibility index (Phi) is 8.85. The van der Waals surface area contributed by atoms with Crippen molar-refractivity contribution in [2.24, 2.45) is 5.41 Å². The molecule has 0 fully saturated rings. The van der Waals surface area contributed by atoms with Crippen LogP contribution in [-0.2, 0) is 16.1 Å². The van der Waals surface area contributed by atoms with Crippen LogP contribution in [0.5, 0.6) is 0 Å². The molecule has 2 amide bonds. The first kappa shape index (κ1) is 27.7. The Labute approximate surface area is 227 Å². The van der Waals surface area contributed by atoms with Gasteiger partial charge in [0.1, 0.15) is 0 Å². The number of hydroxylamine groups is 1. The fourth-order valence-electron chi connectivity index (χ4n) is 3.88. The topological polar surface area (TPSA) is 118 Å². The fraction of sp³-hybridized carbons (Fsp3) is 0.267. The van der Waals surface area contributed by atoms with Gasteiger partial charge >= 0.3 is 0 Å². The van der Waals surface area contributed by atoms with Gasteiger partial charge in [0.25, 0.3) is 11.8 Å². The van der Waals surface area contributed by atoms with Crippen molar-refractivity contribution < 1.29 is 19.5 Å². The van der Waals surface area contributed by atoms with Crippen molar-refractivity contribution in [3.8, 4) is 17.1 Å². The highest BCUT2D eigenvalue weighted by atomic mass is 16.7. The van der Waals surface area contributed by atoms with Crippen molar-refractivity contribution in [3.05, 3.63) is 102 Å². The quantitative estimate of drug-likeness (QED) is 0.271. The second-order valence-electron chi connectivity index (χ2n) is 10.4. The van der Waals surface area contributed by atoms with Gasteiger partial charge in [0, 0.05) is 18.0 Å². The molecule has 0 aliphatic heterocycles. The van der Waals surface area contributed by atoms with Crippen LogP contribution < -0.4 is 10.8 Å². The van der Waals surface area contributed by atoms with Crippen molar-refractivity contribution >= 4 is 11.8 Å². The molecule has 39 heavy (non-hydrogen) atoms. The van der Waals surface area contributed by atoms with Gasteiger partial charge in [0.15, 0.2) is 11.9 Å². The lowest BCUT2D eigenvalue weighted by Gasteiger charge is -2.25. The van der Waals surface area contributed by atoms with Gasteiger partial charge in [-0.05, 0) is 35.6 Å². The van der Waals surface area contributed by atoms with E-state index in [1.165, 1.54) is 4.68 Å². The maximum absolute atomic E-state index is 13.5. The minimum atomic E-state index is -1.57. The van der Waals surface area contributed by atoms with Crippen LogP contribution in [0.2, 0.25) is 0 Å². The SMILES string of the molecule is CC(C)(C)CONC(=O)C(O)C(Cc1ccccc1)NC(=O)c1cccnc1-n1ccc(-c2ccccc2)n1. The molecule has 0 radical (unpaired) electrons. The maximum Gasteiger partial charge on any atom is 0.274 e. The molecule has 2 aromatic heterocycles. The largest absolute Gasteiger partial charge is 0.381 e. The van der Waals surface area contributed by atoms with E-state index in [4.69, 9.17) is 4.84 Å². The minimum absolute atomic E-state index is 0.181. The van der Waals surface area contributed by atoms with Gasteiger partial charge in [-0.2, -0.15) is 5.10 Å². The van der Waals surface area contributed by atoms with Crippen LogP contribution in [0.4, 0.5) is 0 Å². The number of amides is 2. The molecule has 4 aromatic rings. The van der Waals surface area contributed by atoms with E-state index in [0.29, 0.717) is 5.82 Å². The molecule has 4 rings (SSSR count). The third kappa shape index (κ3) is 7.59. The van der Waals surface area contributed by atoms with Crippen LogP contribution >= 0.6 is 0 Å². The Balaban J connectivity index is 1.55. The highest BCUT2D eigenvalue weighted by Gasteiger charge is 2.30. The molecule has 0 aliphatic carbocycles. The van der Waals surface area contributed by atoms with Crippen molar-refractivity contribution in [1.82, 2.24) is 25.6 Å². The van der Waals surface area contributed by atoms with E-state index in [9.17, 15) is 14.7 Å². The number of hydrogen-bond acceptors (Lipinski definition) is 6. The van der Waals surface area contributed by atoms with Crippen molar-refractivity contribution in [3.63, 3.8) is 0 Å². The summed E-state index contributed by atoms with van der Waals surface area (Å²) in [6.07, 6.45) is 1.96. The number of aliphatic hydroxyl groups is 1. The lowest BCUT2D eigenvalue weighted by Crippen LogP contribution is -2.52. The molecule has 9 heteroatoms. The highest BCUT2D eigenvalue weighted by molar-refractivity contribution is 5.97. The van der Waals surface area contributed by atoms with Crippen LogP contribution in [0.25, 0.3) is 17.1 Å². The number of nitrogens with zero attached hydrogens (tertiary/aromatic N) is 3. The molecule has 2 unspecified atom stereocenters. The standard InChI is InChI=1S/C30H33N5O4/c1-30(2,3)20-39-34-29(38)26(36)25(19-21-11-6-4-7-12-21)32-28(37)23-15-10-17-31-27(23)35-18-16-24(33-35)22-13-8-5-9-14-22/h4-18,25-26,36H,19-20H2,1-3H3,(H,32,37)(H,34,38). The van der Waals surface area contributed by atoms with E-state index >= 15 is 0 Å². The van der Waals surface area contributed by atoms with Crippen LogP contribution in [-0.4, -0.2) is 50.4 Å². The molecule has 2 atom stereocenters. The van der Waals surface area contributed by atoms with Gasteiger partial charge < -0.3 is 10.4 Å². The maximum atomic E-state index is 13.5. The summed E-state index contributed by atoms with van der Waals surface area (Å²) in [5.74, 6) is -0.923. The number of aromatic nitrogens is 3. The highest BCUT2D eigenvalue weighted by Crippen LogP contribution is 2.19. The lowest BCUT2D eigenvalue weighted by molar-refractivity contribution is -0.145. The predicted octanol–water partition coefficient (Wildman–Crippen LogP) is 3.73. The van der Waals surface area contributed by atoms with Crippen LogP contribution in [0.15, 0.2) is 91.3 Å². The Morgan fingerprint density at radius 1 is 0.974 bits per heavy atom. The van der Waals surface area contributed by atoms with Crippen LogP contribution in [0.1, 0.15) is 36.7 Å². The molecule has 3 N–H and O–H groups in total. The molecule has 202 valence electrons. The third-order valence-corrected chi connectivity index (χ3v) is 5.85.